The molecule has 25 heavy (non-hydrogen) atoms. The van der Waals surface area contributed by atoms with Gasteiger partial charge in [-0.25, -0.2) is 13.2 Å². The van der Waals surface area contributed by atoms with Gasteiger partial charge in [0.1, 0.15) is 6.54 Å². The Hall–Kier alpha value is -2.29. The van der Waals surface area contributed by atoms with Crippen molar-refractivity contribution in [3.05, 3.63) is 58.1 Å². The summed E-state index contributed by atoms with van der Waals surface area (Å²) in [5.41, 5.74) is -0.286. The molecule has 132 valence electrons. The molecular weight excluding hydrogens is 393 g/mol. The van der Waals surface area contributed by atoms with E-state index in [0.29, 0.717) is 4.31 Å². The standard InChI is InChI=1S/C15H11Cl2NO6S/c16-12-5-4-11(7-13(12)17)25(23,24)18(8-14(19)20)10-3-1-2-9(6-10)15(21)22/h1-7H,8H2,(H,19,20)(H,21,22). The zero-order valence-electron chi connectivity index (χ0n) is 12.4. The van der Waals surface area contributed by atoms with Crippen molar-refractivity contribution in [2.45, 2.75) is 4.90 Å². The maximum atomic E-state index is 12.8. The number of nitrogens with zero attached hydrogens (tertiary/aromatic N) is 1. The first kappa shape index (κ1) is 19.0. The molecule has 0 unspecified atom stereocenters. The first-order chi connectivity index (χ1) is 11.6. The highest BCUT2D eigenvalue weighted by atomic mass is 35.5. The molecule has 0 aliphatic rings. The van der Waals surface area contributed by atoms with Crippen LogP contribution in [0.15, 0.2) is 47.4 Å². The van der Waals surface area contributed by atoms with Crippen molar-refractivity contribution >= 4 is 50.9 Å². The zero-order valence-corrected chi connectivity index (χ0v) is 14.7. The van der Waals surface area contributed by atoms with E-state index in [1.54, 1.807) is 0 Å². The third-order valence-electron chi connectivity index (χ3n) is 3.14. The summed E-state index contributed by atoms with van der Waals surface area (Å²) in [6, 6.07) is 8.48. The number of benzene rings is 2. The van der Waals surface area contributed by atoms with Gasteiger partial charge < -0.3 is 10.2 Å². The number of sulfonamides is 1. The van der Waals surface area contributed by atoms with E-state index in [4.69, 9.17) is 33.4 Å². The van der Waals surface area contributed by atoms with Crippen LogP contribution in [0.1, 0.15) is 10.4 Å². The minimum absolute atomic E-state index is 0.0164. The number of hydrogen-bond acceptors (Lipinski definition) is 4. The number of carboxylic acid groups (broad SMARTS) is 2. The lowest BCUT2D eigenvalue weighted by atomic mass is 10.2. The van der Waals surface area contributed by atoms with Crippen molar-refractivity contribution in [1.29, 1.82) is 0 Å². The topological polar surface area (TPSA) is 112 Å². The van der Waals surface area contributed by atoms with Gasteiger partial charge in [0.05, 0.1) is 26.2 Å². The molecule has 0 saturated heterocycles. The Morgan fingerprint density at radius 3 is 2.24 bits per heavy atom. The molecule has 0 spiro atoms. The lowest BCUT2D eigenvalue weighted by Crippen LogP contribution is -2.35. The summed E-state index contributed by atoms with van der Waals surface area (Å²) in [6.45, 7) is -0.897. The van der Waals surface area contributed by atoms with Gasteiger partial charge in [-0.2, -0.15) is 0 Å². The van der Waals surface area contributed by atoms with Gasteiger partial charge in [0.15, 0.2) is 0 Å². The molecule has 2 aromatic rings. The van der Waals surface area contributed by atoms with Crippen LogP contribution in [0, 0.1) is 0 Å². The largest absolute Gasteiger partial charge is 0.480 e. The molecule has 10 heteroatoms. The monoisotopic (exact) mass is 403 g/mol. The minimum atomic E-state index is -4.31. The predicted molar refractivity (Wildman–Crippen MR) is 92.0 cm³/mol. The number of carboxylic acids is 2. The second-order valence-electron chi connectivity index (χ2n) is 4.84. The van der Waals surface area contributed by atoms with E-state index in [-0.39, 0.29) is 26.2 Å². The van der Waals surface area contributed by atoms with Crippen LogP contribution in [-0.4, -0.2) is 37.1 Å². The Morgan fingerprint density at radius 1 is 1.00 bits per heavy atom. The Morgan fingerprint density at radius 2 is 1.68 bits per heavy atom. The molecule has 0 aliphatic carbocycles. The first-order valence-corrected chi connectivity index (χ1v) is 8.85. The number of carbonyl (C=O) groups is 2. The van der Waals surface area contributed by atoms with Gasteiger partial charge in [-0.05, 0) is 36.4 Å². The zero-order chi connectivity index (χ0) is 18.8. The molecule has 0 saturated carbocycles. The molecule has 0 fully saturated rings. The molecule has 2 N–H and O–H groups in total. The molecule has 0 aromatic heterocycles. The van der Waals surface area contributed by atoms with Gasteiger partial charge in [0, 0.05) is 0 Å². The second kappa shape index (κ2) is 7.30. The average molecular weight is 404 g/mol. The number of aliphatic carboxylic acids is 1. The number of halogens is 2. The van der Waals surface area contributed by atoms with E-state index in [0.717, 1.165) is 12.1 Å². The average Bonchev–Trinajstić information content (AvgIpc) is 2.54. The van der Waals surface area contributed by atoms with Gasteiger partial charge >= 0.3 is 11.9 Å². The normalized spacial score (nSPS) is 11.1. The van der Waals surface area contributed by atoms with Crippen LogP contribution in [0.4, 0.5) is 5.69 Å². The van der Waals surface area contributed by atoms with Gasteiger partial charge in [-0.1, -0.05) is 29.3 Å². The van der Waals surface area contributed by atoms with Crippen LogP contribution in [0.3, 0.4) is 0 Å². The fourth-order valence-corrected chi connectivity index (χ4v) is 3.79. The van der Waals surface area contributed by atoms with E-state index in [1.807, 2.05) is 0 Å². The fourth-order valence-electron chi connectivity index (χ4n) is 2.00. The molecular formula is C15H11Cl2NO6S. The van der Waals surface area contributed by atoms with Crippen molar-refractivity contribution in [2.24, 2.45) is 0 Å². The van der Waals surface area contributed by atoms with E-state index in [1.165, 1.54) is 30.3 Å². The van der Waals surface area contributed by atoms with E-state index >= 15 is 0 Å². The highest BCUT2D eigenvalue weighted by molar-refractivity contribution is 7.92. The van der Waals surface area contributed by atoms with Gasteiger partial charge in [0.2, 0.25) is 0 Å². The summed E-state index contributed by atoms with van der Waals surface area (Å²) in [5.74, 6) is -2.69. The smallest absolute Gasteiger partial charge is 0.335 e. The lowest BCUT2D eigenvalue weighted by molar-refractivity contribution is -0.135. The minimum Gasteiger partial charge on any atom is -0.480 e. The molecule has 0 aliphatic heterocycles. The number of rotatable bonds is 6. The van der Waals surface area contributed by atoms with Crippen molar-refractivity contribution in [2.75, 3.05) is 10.8 Å². The van der Waals surface area contributed by atoms with Crippen molar-refractivity contribution in [3.8, 4) is 0 Å². The van der Waals surface area contributed by atoms with Crippen LogP contribution in [-0.2, 0) is 14.8 Å². The summed E-state index contributed by atoms with van der Waals surface area (Å²) in [6.07, 6.45) is 0. The van der Waals surface area contributed by atoms with Crippen molar-refractivity contribution in [3.63, 3.8) is 0 Å². The van der Waals surface area contributed by atoms with Crippen LogP contribution in [0.5, 0.6) is 0 Å². The first-order valence-electron chi connectivity index (χ1n) is 6.66. The Bertz CT molecular complexity index is 945. The lowest BCUT2D eigenvalue weighted by Gasteiger charge is -2.23. The number of hydrogen-bond donors (Lipinski definition) is 2. The molecule has 2 aromatic carbocycles. The summed E-state index contributed by atoms with van der Waals surface area (Å²) < 4.78 is 26.2. The molecule has 0 radical (unpaired) electrons. The fraction of sp³-hybridized carbons (Fsp3) is 0.0667. The van der Waals surface area contributed by atoms with Gasteiger partial charge in [-0.3, -0.25) is 9.10 Å². The van der Waals surface area contributed by atoms with Crippen LogP contribution in [0.25, 0.3) is 0 Å². The van der Waals surface area contributed by atoms with Crippen LogP contribution >= 0.6 is 23.2 Å². The number of anilines is 1. The third kappa shape index (κ3) is 4.22. The highest BCUT2D eigenvalue weighted by Crippen LogP contribution is 2.29. The SMILES string of the molecule is O=C(O)CN(c1cccc(C(=O)O)c1)S(=O)(=O)c1ccc(Cl)c(Cl)c1. The number of aromatic carboxylic acids is 1. The summed E-state index contributed by atoms with van der Waals surface area (Å²) in [5, 5.41) is 18.2. The van der Waals surface area contributed by atoms with E-state index in [2.05, 4.69) is 0 Å². The molecule has 2 rings (SSSR count). The van der Waals surface area contributed by atoms with Crippen LogP contribution < -0.4 is 4.31 Å². The maximum absolute atomic E-state index is 12.8. The van der Waals surface area contributed by atoms with Gasteiger partial charge in [0.25, 0.3) is 10.0 Å². The third-order valence-corrected chi connectivity index (χ3v) is 5.65. The van der Waals surface area contributed by atoms with Crippen molar-refractivity contribution in [1.82, 2.24) is 0 Å². The second-order valence-corrected chi connectivity index (χ2v) is 7.51. The summed E-state index contributed by atoms with van der Waals surface area (Å²) in [4.78, 5) is 21.9. The Balaban J connectivity index is 2.60. The van der Waals surface area contributed by atoms with Crippen molar-refractivity contribution < 1.29 is 28.2 Å². The summed E-state index contributed by atoms with van der Waals surface area (Å²) in [7, 11) is -4.31. The van der Waals surface area contributed by atoms with Crippen LogP contribution in [0.2, 0.25) is 10.0 Å². The summed E-state index contributed by atoms with van der Waals surface area (Å²) >= 11 is 11.6. The molecule has 0 heterocycles. The molecule has 0 atom stereocenters. The Labute approximate surface area is 153 Å². The predicted octanol–water partition coefficient (Wildman–Crippen LogP) is 2.97. The van der Waals surface area contributed by atoms with E-state index < -0.39 is 28.5 Å². The molecule has 0 bridgehead atoms. The molecule has 7 nitrogen and oxygen atoms in total. The van der Waals surface area contributed by atoms with E-state index in [9.17, 15) is 18.0 Å². The van der Waals surface area contributed by atoms with Gasteiger partial charge in [-0.15, -0.1) is 0 Å². The Kier molecular flexibility index (Phi) is 5.56. The molecule has 0 amide bonds. The highest BCUT2D eigenvalue weighted by Gasteiger charge is 2.28. The quantitative estimate of drug-likeness (QED) is 0.766. The maximum Gasteiger partial charge on any atom is 0.335 e.